The highest BCUT2D eigenvalue weighted by Gasteiger charge is 2.36. The first-order chi connectivity index (χ1) is 12.0. The quantitative estimate of drug-likeness (QED) is 0.809. The second-order valence-electron chi connectivity index (χ2n) is 6.03. The SMILES string of the molecule is CN(Cc1c(F)cccc1Cl)C(=O)[C@@H]1CCCN1C(=O)c1cccs1. The molecule has 132 valence electrons. The van der Waals surface area contributed by atoms with Crippen LogP contribution in [0.5, 0.6) is 0 Å². The van der Waals surface area contributed by atoms with Gasteiger partial charge in [0.05, 0.1) is 4.88 Å². The maximum absolute atomic E-state index is 14.0. The summed E-state index contributed by atoms with van der Waals surface area (Å²) in [6.45, 7) is 0.628. The van der Waals surface area contributed by atoms with Crippen LogP contribution in [0.2, 0.25) is 5.02 Å². The Kier molecular flexibility index (Phi) is 5.39. The molecular formula is C18H18ClFN2O2S. The van der Waals surface area contributed by atoms with E-state index in [1.807, 2.05) is 11.4 Å². The summed E-state index contributed by atoms with van der Waals surface area (Å²) in [5.74, 6) is -0.755. The van der Waals surface area contributed by atoms with Gasteiger partial charge in [-0.2, -0.15) is 0 Å². The van der Waals surface area contributed by atoms with Crippen LogP contribution < -0.4 is 0 Å². The highest BCUT2D eigenvalue weighted by atomic mass is 35.5. The van der Waals surface area contributed by atoms with Gasteiger partial charge in [0, 0.05) is 30.7 Å². The highest BCUT2D eigenvalue weighted by molar-refractivity contribution is 7.12. The van der Waals surface area contributed by atoms with Crippen LogP contribution in [0.4, 0.5) is 4.39 Å². The number of hydrogen-bond donors (Lipinski definition) is 0. The molecule has 7 heteroatoms. The van der Waals surface area contributed by atoms with Gasteiger partial charge in [-0.3, -0.25) is 9.59 Å². The van der Waals surface area contributed by atoms with Crippen molar-refractivity contribution in [3.8, 4) is 0 Å². The van der Waals surface area contributed by atoms with Gasteiger partial charge in [-0.25, -0.2) is 4.39 Å². The smallest absolute Gasteiger partial charge is 0.264 e. The van der Waals surface area contributed by atoms with Crippen molar-refractivity contribution in [2.45, 2.75) is 25.4 Å². The van der Waals surface area contributed by atoms with Gasteiger partial charge in [0.15, 0.2) is 0 Å². The number of nitrogens with zero attached hydrogens (tertiary/aromatic N) is 2. The van der Waals surface area contributed by atoms with Crippen LogP contribution in [-0.4, -0.2) is 41.2 Å². The zero-order chi connectivity index (χ0) is 18.0. The number of likely N-dealkylation sites (tertiary alicyclic amines) is 1. The predicted molar refractivity (Wildman–Crippen MR) is 96.3 cm³/mol. The summed E-state index contributed by atoms with van der Waals surface area (Å²) in [5.41, 5.74) is 0.286. The number of benzene rings is 1. The van der Waals surface area contributed by atoms with Crippen LogP contribution in [-0.2, 0) is 11.3 Å². The molecule has 3 rings (SSSR count). The second-order valence-corrected chi connectivity index (χ2v) is 7.38. The van der Waals surface area contributed by atoms with E-state index in [0.29, 0.717) is 17.8 Å². The molecule has 1 aliphatic rings. The van der Waals surface area contributed by atoms with Crippen LogP contribution in [0.25, 0.3) is 0 Å². The van der Waals surface area contributed by atoms with E-state index < -0.39 is 11.9 Å². The maximum atomic E-state index is 14.0. The normalized spacial score (nSPS) is 16.9. The summed E-state index contributed by atoms with van der Waals surface area (Å²) in [6.07, 6.45) is 1.40. The molecule has 1 saturated heterocycles. The van der Waals surface area contributed by atoms with E-state index in [-0.39, 0.29) is 28.9 Å². The van der Waals surface area contributed by atoms with Crippen molar-refractivity contribution in [1.82, 2.24) is 9.80 Å². The first-order valence-electron chi connectivity index (χ1n) is 8.01. The molecule has 1 aliphatic heterocycles. The number of hydrogen-bond acceptors (Lipinski definition) is 3. The lowest BCUT2D eigenvalue weighted by Gasteiger charge is -2.28. The van der Waals surface area contributed by atoms with E-state index >= 15 is 0 Å². The Morgan fingerprint density at radius 2 is 2.16 bits per heavy atom. The standard InChI is InChI=1S/C18H18ClFN2O2S/c1-21(11-12-13(19)5-2-6-14(12)20)17(23)15-7-3-9-22(15)18(24)16-8-4-10-25-16/h2,4-6,8,10,15H,3,7,9,11H2,1H3/t15-/m0/s1. The van der Waals surface area contributed by atoms with Gasteiger partial charge in [0.1, 0.15) is 11.9 Å². The van der Waals surface area contributed by atoms with Crippen molar-refractivity contribution in [3.05, 3.63) is 57.0 Å². The molecule has 0 N–H and O–H groups in total. The van der Waals surface area contributed by atoms with Crippen molar-refractivity contribution >= 4 is 34.8 Å². The summed E-state index contributed by atoms with van der Waals surface area (Å²) >= 11 is 7.41. The molecule has 0 aliphatic carbocycles. The molecule has 1 fully saturated rings. The lowest BCUT2D eigenvalue weighted by molar-refractivity contribution is -0.134. The minimum absolute atomic E-state index is 0.0713. The fraction of sp³-hybridized carbons (Fsp3) is 0.333. The van der Waals surface area contributed by atoms with Crippen molar-refractivity contribution in [2.24, 2.45) is 0 Å². The summed E-state index contributed by atoms with van der Waals surface area (Å²) in [7, 11) is 1.61. The molecule has 4 nitrogen and oxygen atoms in total. The first-order valence-corrected chi connectivity index (χ1v) is 9.27. The average Bonchev–Trinajstić information content (AvgIpc) is 3.28. The van der Waals surface area contributed by atoms with E-state index in [2.05, 4.69) is 0 Å². The van der Waals surface area contributed by atoms with Gasteiger partial charge in [-0.05, 0) is 36.4 Å². The van der Waals surface area contributed by atoms with Gasteiger partial charge < -0.3 is 9.80 Å². The average molecular weight is 381 g/mol. The Bertz CT molecular complexity index is 761. The third kappa shape index (κ3) is 3.70. The van der Waals surface area contributed by atoms with Gasteiger partial charge in [-0.15, -0.1) is 11.3 Å². The molecule has 0 unspecified atom stereocenters. The van der Waals surface area contributed by atoms with Crippen molar-refractivity contribution in [1.29, 1.82) is 0 Å². The van der Waals surface area contributed by atoms with Crippen molar-refractivity contribution in [2.75, 3.05) is 13.6 Å². The van der Waals surface area contributed by atoms with E-state index in [0.717, 1.165) is 6.42 Å². The van der Waals surface area contributed by atoms with Gasteiger partial charge in [-0.1, -0.05) is 23.7 Å². The van der Waals surface area contributed by atoms with E-state index in [9.17, 15) is 14.0 Å². The molecule has 2 aromatic rings. The van der Waals surface area contributed by atoms with E-state index in [1.165, 1.54) is 28.4 Å². The molecule has 1 atom stereocenters. The first kappa shape index (κ1) is 17.9. The molecule has 0 radical (unpaired) electrons. The van der Waals surface area contributed by atoms with Gasteiger partial charge >= 0.3 is 0 Å². The molecule has 1 aromatic heterocycles. The van der Waals surface area contributed by atoms with Crippen LogP contribution in [0.1, 0.15) is 28.1 Å². The Morgan fingerprint density at radius 1 is 1.36 bits per heavy atom. The van der Waals surface area contributed by atoms with Crippen molar-refractivity contribution in [3.63, 3.8) is 0 Å². The Hall–Kier alpha value is -1.92. The number of carbonyl (C=O) groups excluding carboxylic acids is 2. The van der Waals surface area contributed by atoms with Crippen LogP contribution >= 0.6 is 22.9 Å². The Labute approximate surface area is 154 Å². The molecule has 25 heavy (non-hydrogen) atoms. The molecule has 0 bridgehead atoms. The van der Waals surface area contributed by atoms with Crippen LogP contribution in [0.3, 0.4) is 0 Å². The number of carbonyl (C=O) groups is 2. The minimum Gasteiger partial charge on any atom is -0.339 e. The molecule has 0 saturated carbocycles. The second kappa shape index (κ2) is 7.54. The Balaban J connectivity index is 1.74. The fourth-order valence-corrected chi connectivity index (χ4v) is 3.96. The summed E-state index contributed by atoms with van der Waals surface area (Å²) in [5, 5.41) is 2.13. The Morgan fingerprint density at radius 3 is 2.84 bits per heavy atom. The van der Waals surface area contributed by atoms with Crippen LogP contribution in [0.15, 0.2) is 35.7 Å². The molecule has 0 spiro atoms. The molecule has 2 amide bonds. The summed E-state index contributed by atoms with van der Waals surface area (Å²) in [4.78, 5) is 29.1. The number of halogens is 2. The van der Waals surface area contributed by atoms with Crippen molar-refractivity contribution < 1.29 is 14.0 Å². The monoisotopic (exact) mass is 380 g/mol. The molecular weight excluding hydrogens is 363 g/mol. The van der Waals surface area contributed by atoms with Crippen LogP contribution in [0, 0.1) is 5.82 Å². The number of rotatable bonds is 4. The van der Waals surface area contributed by atoms with E-state index in [4.69, 9.17) is 11.6 Å². The van der Waals surface area contributed by atoms with Gasteiger partial charge in [0.25, 0.3) is 5.91 Å². The summed E-state index contributed by atoms with van der Waals surface area (Å²) < 4.78 is 14.0. The number of likely N-dealkylation sites (N-methyl/N-ethyl adjacent to an activating group) is 1. The zero-order valence-corrected chi connectivity index (χ0v) is 15.3. The lowest BCUT2D eigenvalue weighted by Crippen LogP contribution is -2.46. The lowest BCUT2D eigenvalue weighted by atomic mass is 10.1. The maximum Gasteiger partial charge on any atom is 0.264 e. The topological polar surface area (TPSA) is 40.6 Å². The predicted octanol–water partition coefficient (Wildman–Crippen LogP) is 3.80. The fourth-order valence-electron chi connectivity index (χ4n) is 3.06. The number of thiophene rings is 1. The third-order valence-electron chi connectivity index (χ3n) is 4.36. The zero-order valence-electron chi connectivity index (χ0n) is 13.7. The third-order valence-corrected chi connectivity index (χ3v) is 5.58. The largest absolute Gasteiger partial charge is 0.339 e. The molecule has 1 aromatic carbocycles. The van der Waals surface area contributed by atoms with E-state index in [1.54, 1.807) is 24.1 Å². The number of amides is 2. The van der Waals surface area contributed by atoms with Gasteiger partial charge in [0.2, 0.25) is 5.91 Å². The highest BCUT2D eigenvalue weighted by Crippen LogP contribution is 2.25. The minimum atomic E-state index is -0.509. The molecule has 2 heterocycles. The summed E-state index contributed by atoms with van der Waals surface area (Å²) in [6, 6.07) is 7.52.